The Bertz CT molecular complexity index is 382. The van der Waals surface area contributed by atoms with E-state index in [0.29, 0.717) is 13.2 Å². The van der Waals surface area contributed by atoms with Crippen LogP contribution in [0.3, 0.4) is 0 Å². The summed E-state index contributed by atoms with van der Waals surface area (Å²) in [6.07, 6.45) is 0.765. The number of halogens is 1. The van der Waals surface area contributed by atoms with Gasteiger partial charge in [-0.3, -0.25) is 4.79 Å². The third-order valence-corrected chi connectivity index (χ3v) is 2.61. The van der Waals surface area contributed by atoms with E-state index in [1.54, 1.807) is 19.2 Å². The van der Waals surface area contributed by atoms with Gasteiger partial charge in [0.2, 0.25) is 5.91 Å². The van der Waals surface area contributed by atoms with Gasteiger partial charge >= 0.3 is 0 Å². The molecule has 0 spiro atoms. The molecule has 1 atom stereocenters. The van der Waals surface area contributed by atoms with Crippen LogP contribution in [0.5, 0.6) is 0 Å². The molecule has 1 unspecified atom stereocenters. The number of rotatable bonds is 8. The molecule has 0 heterocycles. The summed E-state index contributed by atoms with van der Waals surface area (Å²) < 4.78 is 17.6. The maximum absolute atomic E-state index is 12.7. The van der Waals surface area contributed by atoms with Crippen molar-refractivity contribution in [2.45, 2.75) is 19.4 Å². The van der Waals surface area contributed by atoms with E-state index in [-0.39, 0.29) is 24.3 Å². The second-order valence-electron chi connectivity index (χ2n) is 4.48. The van der Waals surface area contributed by atoms with Gasteiger partial charge in [0.05, 0.1) is 13.2 Å². The van der Waals surface area contributed by atoms with E-state index in [4.69, 9.17) is 4.74 Å². The predicted octanol–water partition coefficient (Wildman–Crippen LogP) is 1.11. The van der Waals surface area contributed by atoms with Gasteiger partial charge in [-0.25, -0.2) is 4.39 Å². The highest BCUT2D eigenvalue weighted by Gasteiger charge is 2.05. The first kappa shape index (κ1) is 15.6. The largest absolute Gasteiger partial charge is 0.383 e. The highest BCUT2D eigenvalue weighted by molar-refractivity contribution is 5.78. The molecule has 0 saturated heterocycles. The first-order chi connectivity index (χ1) is 9.11. The van der Waals surface area contributed by atoms with E-state index >= 15 is 0 Å². The monoisotopic (exact) mass is 268 g/mol. The van der Waals surface area contributed by atoms with Crippen molar-refractivity contribution in [1.82, 2.24) is 10.6 Å². The lowest BCUT2D eigenvalue weighted by molar-refractivity contribution is -0.121. The number of carbonyl (C=O) groups is 1. The van der Waals surface area contributed by atoms with Crippen molar-refractivity contribution < 1.29 is 13.9 Å². The van der Waals surface area contributed by atoms with Crippen molar-refractivity contribution in [2.24, 2.45) is 0 Å². The van der Waals surface area contributed by atoms with Gasteiger partial charge in [0.1, 0.15) is 5.82 Å². The van der Waals surface area contributed by atoms with Gasteiger partial charge in [-0.2, -0.15) is 0 Å². The molecule has 106 valence electrons. The van der Waals surface area contributed by atoms with Gasteiger partial charge < -0.3 is 15.4 Å². The summed E-state index contributed by atoms with van der Waals surface area (Å²) in [6, 6.07) is 6.38. The number of amides is 1. The minimum absolute atomic E-state index is 0.0106. The Kier molecular flexibility index (Phi) is 7.07. The van der Waals surface area contributed by atoms with Crippen molar-refractivity contribution in [3.05, 3.63) is 35.6 Å². The summed E-state index contributed by atoms with van der Waals surface area (Å²) >= 11 is 0. The number of methoxy groups -OCH3 is 1. The maximum atomic E-state index is 12.7. The summed E-state index contributed by atoms with van der Waals surface area (Å²) in [4.78, 5) is 11.5. The molecule has 0 bridgehead atoms. The fourth-order valence-corrected chi connectivity index (χ4v) is 1.70. The zero-order valence-corrected chi connectivity index (χ0v) is 11.4. The molecule has 1 aromatic carbocycles. The lowest BCUT2D eigenvalue weighted by Crippen LogP contribution is -2.41. The Morgan fingerprint density at radius 3 is 2.68 bits per heavy atom. The standard InChI is InChI=1S/C14H21FN2O2/c1-11(10-19-2)17-14(18)9-16-8-7-12-3-5-13(15)6-4-12/h3-6,11,16H,7-10H2,1-2H3,(H,17,18). The maximum Gasteiger partial charge on any atom is 0.234 e. The van der Waals surface area contributed by atoms with Crippen LogP contribution in [0.1, 0.15) is 12.5 Å². The van der Waals surface area contributed by atoms with Gasteiger partial charge in [-0.05, 0) is 37.6 Å². The van der Waals surface area contributed by atoms with Crippen LogP contribution in [0.4, 0.5) is 4.39 Å². The summed E-state index contributed by atoms with van der Waals surface area (Å²) in [5.74, 6) is -0.285. The minimum Gasteiger partial charge on any atom is -0.383 e. The average molecular weight is 268 g/mol. The number of carbonyl (C=O) groups excluding carboxylic acids is 1. The molecule has 0 aromatic heterocycles. The van der Waals surface area contributed by atoms with E-state index in [2.05, 4.69) is 10.6 Å². The highest BCUT2D eigenvalue weighted by atomic mass is 19.1. The van der Waals surface area contributed by atoms with Gasteiger partial charge in [-0.1, -0.05) is 12.1 Å². The fraction of sp³-hybridized carbons (Fsp3) is 0.500. The second kappa shape index (κ2) is 8.61. The fourth-order valence-electron chi connectivity index (χ4n) is 1.70. The number of hydrogen-bond acceptors (Lipinski definition) is 3. The number of ether oxygens (including phenoxy) is 1. The van der Waals surface area contributed by atoms with E-state index in [9.17, 15) is 9.18 Å². The molecule has 0 aliphatic heterocycles. The highest BCUT2D eigenvalue weighted by Crippen LogP contribution is 2.02. The molecule has 0 radical (unpaired) electrons. The van der Waals surface area contributed by atoms with Gasteiger partial charge in [0, 0.05) is 13.2 Å². The molecule has 5 heteroatoms. The topological polar surface area (TPSA) is 50.4 Å². The summed E-state index contributed by atoms with van der Waals surface area (Å²) in [5.41, 5.74) is 1.04. The third-order valence-electron chi connectivity index (χ3n) is 2.61. The van der Waals surface area contributed by atoms with Gasteiger partial charge in [0.25, 0.3) is 0 Å². The molecule has 1 amide bonds. The number of nitrogens with one attached hydrogen (secondary N) is 2. The Balaban J connectivity index is 2.13. The normalized spacial score (nSPS) is 12.2. The Morgan fingerprint density at radius 2 is 2.05 bits per heavy atom. The minimum atomic E-state index is -0.233. The molecule has 4 nitrogen and oxygen atoms in total. The molecule has 2 N–H and O–H groups in total. The van der Waals surface area contributed by atoms with Crippen molar-refractivity contribution in [2.75, 3.05) is 26.8 Å². The second-order valence-corrected chi connectivity index (χ2v) is 4.48. The first-order valence-electron chi connectivity index (χ1n) is 6.35. The van der Waals surface area contributed by atoms with E-state index < -0.39 is 0 Å². The smallest absolute Gasteiger partial charge is 0.234 e. The Morgan fingerprint density at radius 1 is 1.37 bits per heavy atom. The Labute approximate surface area is 113 Å². The average Bonchev–Trinajstić information content (AvgIpc) is 2.37. The van der Waals surface area contributed by atoms with Crippen LogP contribution in [-0.2, 0) is 16.0 Å². The zero-order chi connectivity index (χ0) is 14.1. The van der Waals surface area contributed by atoms with Crippen LogP contribution < -0.4 is 10.6 Å². The zero-order valence-electron chi connectivity index (χ0n) is 11.4. The van der Waals surface area contributed by atoms with Crippen LogP contribution in [0.2, 0.25) is 0 Å². The van der Waals surface area contributed by atoms with Crippen molar-refractivity contribution in [1.29, 1.82) is 0 Å². The quantitative estimate of drug-likeness (QED) is 0.694. The van der Waals surface area contributed by atoms with E-state index in [0.717, 1.165) is 12.0 Å². The van der Waals surface area contributed by atoms with Crippen LogP contribution in [0.25, 0.3) is 0 Å². The molecule has 0 aliphatic carbocycles. The number of hydrogen-bond donors (Lipinski definition) is 2. The lowest BCUT2D eigenvalue weighted by atomic mass is 10.1. The number of benzene rings is 1. The van der Waals surface area contributed by atoms with Crippen molar-refractivity contribution in [3.8, 4) is 0 Å². The molecule has 1 rings (SSSR count). The Hall–Kier alpha value is -1.46. The van der Waals surface area contributed by atoms with Crippen LogP contribution in [0.15, 0.2) is 24.3 Å². The molecule has 0 aliphatic rings. The molecular formula is C14H21FN2O2. The van der Waals surface area contributed by atoms with Gasteiger partial charge in [-0.15, -0.1) is 0 Å². The molecular weight excluding hydrogens is 247 g/mol. The predicted molar refractivity (Wildman–Crippen MR) is 72.5 cm³/mol. The molecule has 19 heavy (non-hydrogen) atoms. The van der Waals surface area contributed by atoms with Crippen LogP contribution in [-0.4, -0.2) is 38.8 Å². The van der Waals surface area contributed by atoms with Crippen molar-refractivity contribution >= 4 is 5.91 Å². The molecule has 0 fully saturated rings. The molecule has 0 saturated carbocycles. The summed E-state index contributed by atoms with van der Waals surface area (Å²) in [5, 5.41) is 5.86. The van der Waals surface area contributed by atoms with E-state index in [1.165, 1.54) is 12.1 Å². The third kappa shape index (κ3) is 6.88. The first-order valence-corrected chi connectivity index (χ1v) is 6.35. The van der Waals surface area contributed by atoms with Crippen LogP contribution in [0, 0.1) is 5.82 Å². The van der Waals surface area contributed by atoms with Crippen LogP contribution >= 0.6 is 0 Å². The SMILES string of the molecule is COCC(C)NC(=O)CNCCc1ccc(F)cc1. The summed E-state index contributed by atoms with van der Waals surface area (Å²) in [6.45, 7) is 3.34. The van der Waals surface area contributed by atoms with Gasteiger partial charge in [0.15, 0.2) is 0 Å². The van der Waals surface area contributed by atoms with Crippen molar-refractivity contribution in [3.63, 3.8) is 0 Å². The lowest BCUT2D eigenvalue weighted by Gasteiger charge is -2.13. The molecule has 1 aromatic rings. The van der Waals surface area contributed by atoms with E-state index in [1.807, 2.05) is 6.92 Å². The summed E-state index contributed by atoms with van der Waals surface area (Å²) in [7, 11) is 1.60.